The van der Waals surface area contributed by atoms with Gasteiger partial charge in [-0.25, -0.2) is 4.98 Å². The molecule has 2 aromatic rings. The molecular weight excluding hydrogens is 258 g/mol. The van der Waals surface area contributed by atoms with Crippen LogP contribution >= 0.6 is 11.5 Å². The van der Waals surface area contributed by atoms with Crippen LogP contribution in [0.3, 0.4) is 0 Å². The fourth-order valence-corrected chi connectivity index (χ4v) is 3.19. The molecule has 1 aliphatic heterocycles. The van der Waals surface area contributed by atoms with Gasteiger partial charge in [0.2, 0.25) is 5.13 Å². The third-order valence-corrected chi connectivity index (χ3v) is 4.21. The van der Waals surface area contributed by atoms with Crippen molar-refractivity contribution in [3.63, 3.8) is 0 Å². The second-order valence-corrected chi connectivity index (χ2v) is 5.54. The summed E-state index contributed by atoms with van der Waals surface area (Å²) in [6.07, 6.45) is 0.776. The van der Waals surface area contributed by atoms with Crippen LogP contribution in [0.2, 0.25) is 0 Å². The lowest BCUT2D eigenvalue weighted by molar-refractivity contribution is 0.201. The van der Waals surface area contributed by atoms with E-state index < -0.39 is 0 Å². The van der Waals surface area contributed by atoms with Gasteiger partial charge in [-0.1, -0.05) is 25.1 Å². The first kappa shape index (κ1) is 12.6. The van der Waals surface area contributed by atoms with Gasteiger partial charge in [0.1, 0.15) is 5.82 Å². The number of nitrogens with zero attached hydrogens (tertiary/aromatic N) is 3. The SMILES string of the molecule is COCCc1nsc(N2CC(C)c3ccccc32)n1. The van der Waals surface area contributed by atoms with Crippen molar-refractivity contribution in [1.82, 2.24) is 9.36 Å². The number of methoxy groups -OCH3 is 1. The average molecular weight is 275 g/mol. The molecule has 3 rings (SSSR count). The molecule has 1 atom stereocenters. The number of benzene rings is 1. The van der Waals surface area contributed by atoms with E-state index in [9.17, 15) is 0 Å². The van der Waals surface area contributed by atoms with Crippen LogP contribution < -0.4 is 4.90 Å². The van der Waals surface area contributed by atoms with E-state index in [2.05, 4.69) is 45.4 Å². The van der Waals surface area contributed by atoms with E-state index in [0.717, 1.165) is 23.9 Å². The monoisotopic (exact) mass is 275 g/mol. The lowest BCUT2D eigenvalue weighted by Crippen LogP contribution is -2.14. The van der Waals surface area contributed by atoms with E-state index in [1.54, 1.807) is 7.11 Å². The molecule has 1 aromatic carbocycles. The molecule has 1 aromatic heterocycles. The Morgan fingerprint density at radius 2 is 2.26 bits per heavy atom. The largest absolute Gasteiger partial charge is 0.384 e. The van der Waals surface area contributed by atoms with Gasteiger partial charge in [0.05, 0.1) is 6.61 Å². The second kappa shape index (κ2) is 5.27. The minimum Gasteiger partial charge on any atom is -0.384 e. The summed E-state index contributed by atoms with van der Waals surface area (Å²) in [6.45, 7) is 3.91. The standard InChI is InChI=1S/C14H17N3OS/c1-10-9-17(12-6-4-3-5-11(10)12)14-15-13(16-19-14)7-8-18-2/h3-6,10H,7-9H2,1-2H3. The zero-order chi connectivity index (χ0) is 13.2. The average Bonchev–Trinajstić information content (AvgIpc) is 3.02. The molecule has 4 nitrogen and oxygen atoms in total. The third kappa shape index (κ3) is 2.35. The molecule has 0 aliphatic carbocycles. The first-order valence-corrected chi connectivity index (χ1v) is 7.25. The van der Waals surface area contributed by atoms with E-state index >= 15 is 0 Å². The fraction of sp³-hybridized carbons (Fsp3) is 0.429. The summed E-state index contributed by atoms with van der Waals surface area (Å²) < 4.78 is 9.47. The Morgan fingerprint density at radius 1 is 1.42 bits per heavy atom. The molecule has 2 heterocycles. The molecule has 1 aliphatic rings. The van der Waals surface area contributed by atoms with Crippen LogP contribution in [0.1, 0.15) is 24.2 Å². The highest BCUT2D eigenvalue weighted by Crippen LogP contribution is 2.40. The molecular formula is C14H17N3OS. The number of aromatic nitrogens is 2. The summed E-state index contributed by atoms with van der Waals surface area (Å²) in [6, 6.07) is 8.54. The number of ether oxygens (including phenoxy) is 1. The highest BCUT2D eigenvalue weighted by Gasteiger charge is 2.28. The molecule has 0 N–H and O–H groups in total. The molecule has 0 saturated heterocycles. The molecule has 0 saturated carbocycles. The van der Waals surface area contributed by atoms with Crippen LogP contribution in [0.15, 0.2) is 24.3 Å². The highest BCUT2D eigenvalue weighted by atomic mass is 32.1. The summed E-state index contributed by atoms with van der Waals surface area (Å²) in [5.74, 6) is 1.42. The molecule has 0 bridgehead atoms. The molecule has 0 amide bonds. The zero-order valence-corrected chi connectivity index (χ0v) is 12.0. The Bertz CT molecular complexity index is 569. The van der Waals surface area contributed by atoms with Crippen molar-refractivity contribution in [2.75, 3.05) is 25.2 Å². The van der Waals surface area contributed by atoms with Crippen molar-refractivity contribution in [1.29, 1.82) is 0 Å². The number of fused-ring (bicyclic) bond motifs is 1. The summed E-state index contributed by atoms with van der Waals surface area (Å²) in [5, 5.41) is 0.989. The van der Waals surface area contributed by atoms with Crippen molar-refractivity contribution < 1.29 is 4.74 Å². The van der Waals surface area contributed by atoms with Gasteiger partial charge in [-0.15, -0.1) is 0 Å². The number of hydrogen-bond acceptors (Lipinski definition) is 5. The van der Waals surface area contributed by atoms with Crippen LogP contribution in [0.5, 0.6) is 0 Å². The number of rotatable bonds is 4. The van der Waals surface area contributed by atoms with Crippen molar-refractivity contribution in [3.8, 4) is 0 Å². The van der Waals surface area contributed by atoms with E-state index in [0.29, 0.717) is 12.5 Å². The second-order valence-electron chi connectivity index (χ2n) is 4.81. The summed E-state index contributed by atoms with van der Waals surface area (Å²) >= 11 is 1.47. The van der Waals surface area contributed by atoms with Crippen molar-refractivity contribution in [3.05, 3.63) is 35.7 Å². The van der Waals surface area contributed by atoms with E-state index in [-0.39, 0.29) is 0 Å². The normalized spacial score (nSPS) is 17.8. The maximum atomic E-state index is 5.06. The Labute approximate surface area is 117 Å². The lowest BCUT2D eigenvalue weighted by atomic mass is 10.0. The first-order chi connectivity index (χ1) is 9.29. The van der Waals surface area contributed by atoms with Crippen LogP contribution in [0.4, 0.5) is 10.8 Å². The van der Waals surface area contributed by atoms with Gasteiger partial charge in [-0.3, -0.25) is 0 Å². The molecule has 100 valence electrons. The Hall–Kier alpha value is -1.46. The van der Waals surface area contributed by atoms with Crippen LogP contribution in [-0.2, 0) is 11.2 Å². The maximum absolute atomic E-state index is 5.06. The molecule has 1 unspecified atom stereocenters. The van der Waals surface area contributed by atoms with Crippen molar-refractivity contribution in [2.24, 2.45) is 0 Å². The quantitative estimate of drug-likeness (QED) is 0.860. The van der Waals surface area contributed by atoms with Crippen LogP contribution in [0, 0.1) is 0 Å². The number of hydrogen-bond donors (Lipinski definition) is 0. The minimum absolute atomic E-state index is 0.544. The Balaban J connectivity index is 1.85. The summed E-state index contributed by atoms with van der Waals surface area (Å²) in [5.41, 5.74) is 2.67. The zero-order valence-electron chi connectivity index (χ0n) is 11.2. The number of anilines is 2. The Morgan fingerprint density at radius 3 is 3.11 bits per heavy atom. The van der Waals surface area contributed by atoms with E-state index in [1.165, 1.54) is 22.8 Å². The molecule has 0 fully saturated rings. The van der Waals surface area contributed by atoms with Gasteiger partial charge in [0.25, 0.3) is 0 Å². The minimum atomic E-state index is 0.544. The van der Waals surface area contributed by atoms with Gasteiger partial charge >= 0.3 is 0 Å². The molecule has 5 heteroatoms. The van der Waals surface area contributed by atoms with Gasteiger partial charge in [0.15, 0.2) is 0 Å². The van der Waals surface area contributed by atoms with E-state index in [4.69, 9.17) is 4.74 Å². The van der Waals surface area contributed by atoms with Crippen LogP contribution in [-0.4, -0.2) is 29.6 Å². The predicted octanol–water partition coefficient (Wildman–Crippen LogP) is 2.98. The topological polar surface area (TPSA) is 38.2 Å². The predicted molar refractivity (Wildman–Crippen MR) is 77.4 cm³/mol. The highest BCUT2D eigenvalue weighted by molar-refractivity contribution is 7.09. The molecule has 19 heavy (non-hydrogen) atoms. The Kier molecular flexibility index (Phi) is 3.48. The lowest BCUT2D eigenvalue weighted by Gasteiger charge is -2.14. The first-order valence-electron chi connectivity index (χ1n) is 6.47. The van der Waals surface area contributed by atoms with Gasteiger partial charge < -0.3 is 9.64 Å². The maximum Gasteiger partial charge on any atom is 0.209 e. The van der Waals surface area contributed by atoms with E-state index in [1.807, 2.05) is 0 Å². The van der Waals surface area contributed by atoms with Crippen molar-refractivity contribution >= 4 is 22.4 Å². The fourth-order valence-electron chi connectivity index (χ4n) is 2.45. The number of para-hydroxylation sites is 1. The van der Waals surface area contributed by atoms with Gasteiger partial charge in [-0.05, 0) is 11.6 Å². The van der Waals surface area contributed by atoms with Crippen LogP contribution in [0.25, 0.3) is 0 Å². The van der Waals surface area contributed by atoms with Gasteiger partial charge in [-0.2, -0.15) is 4.37 Å². The molecule has 0 radical (unpaired) electrons. The third-order valence-electron chi connectivity index (χ3n) is 3.43. The summed E-state index contributed by atoms with van der Waals surface area (Å²) in [4.78, 5) is 6.89. The summed E-state index contributed by atoms with van der Waals surface area (Å²) in [7, 11) is 1.70. The van der Waals surface area contributed by atoms with Crippen molar-refractivity contribution in [2.45, 2.75) is 19.3 Å². The smallest absolute Gasteiger partial charge is 0.209 e. The van der Waals surface area contributed by atoms with Gasteiger partial charge in [0, 0.05) is 43.2 Å². The molecule has 0 spiro atoms.